The number of carboxylic acid groups (broad SMARTS) is 1. The first-order valence-corrected chi connectivity index (χ1v) is 8.38. The molecule has 1 N–H and O–H groups in total. The van der Waals surface area contributed by atoms with Gasteiger partial charge in [0.1, 0.15) is 9.77 Å². The summed E-state index contributed by atoms with van der Waals surface area (Å²) in [7, 11) is -2.21. The van der Waals surface area contributed by atoms with Crippen LogP contribution in [0.15, 0.2) is 10.3 Å². The second-order valence-electron chi connectivity index (χ2n) is 4.98. The van der Waals surface area contributed by atoms with Crippen LogP contribution in [0.2, 0.25) is 0 Å². The zero-order valence-electron chi connectivity index (χ0n) is 11.1. The lowest BCUT2D eigenvalue weighted by molar-refractivity contribution is 0.0698. The number of nitrogens with zero attached hydrogens (tertiary/aromatic N) is 1. The molecule has 0 saturated heterocycles. The molecular formula is C12H17NO4S2. The summed E-state index contributed by atoms with van der Waals surface area (Å²) < 4.78 is 26.5. The normalized spacial score (nSPS) is 17.7. The first-order valence-electron chi connectivity index (χ1n) is 6.06. The molecule has 2 rings (SSSR count). The second-order valence-corrected chi connectivity index (χ2v) is 7.80. The SMILES string of the molecule is Cc1csc(C(=O)O)c1S(=O)(=O)N(C)C(C)C1CC1. The van der Waals surface area contributed by atoms with Gasteiger partial charge in [-0.3, -0.25) is 0 Å². The smallest absolute Gasteiger partial charge is 0.347 e. The van der Waals surface area contributed by atoms with Crippen molar-refractivity contribution in [2.45, 2.75) is 37.6 Å². The molecule has 1 aliphatic carbocycles. The quantitative estimate of drug-likeness (QED) is 0.904. The molecule has 0 aliphatic heterocycles. The van der Waals surface area contributed by atoms with Gasteiger partial charge in [-0.25, -0.2) is 13.2 Å². The molecule has 0 bridgehead atoms. The zero-order chi connectivity index (χ0) is 14.4. The first-order chi connectivity index (χ1) is 8.76. The van der Waals surface area contributed by atoms with Crippen LogP contribution in [0.3, 0.4) is 0 Å². The number of carbonyl (C=O) groups is 1. The monoisotopic (exact) mass is 303 g/mol. The maximum atomic E-state index is 12.6. The summed E-state index contributed by atoms with van der Waals surface area (Å²) in [6, 6.07) is -0.0917. The molecule has 5 nitrogen and oxygen atoms in total. The third-order valence-electron chi connectivity index (χ3n) is 3.63. The van der Waals surface area contributed by atoms with Crippen molar-refractivity contribution < 1.29 is 18.3 Å². The highest BCUT2D eigenvalue weighted by Crippen LogP contribution is 2.38. The largest absolute Gasteiger partial charge is 0.477 e. The molecule has 1 aliphatic rings. The summed E-state index contributed by atoms with van der Waals surface area (Å²) in [6.07, 6.45) is 2.07. The molecular weight excluding hydrogens is 286 g/mol. The van der Waals surface area contributed by atoms with Gasteiger partial charge in [0.05, 0.1) is 0 Å². The highest BCUT2D eigenvalue weighted by atomic mass is 32.2. The standard InChI is InChI=1S/C12H17NO4S2/c1-7-6-18-10(12(14)15)11(7)19(16,17)13(3)8(2)9-4-5-9/h6,8-9H,4-5H2,1-3H3,(H,14,15). The molecule has 0 radical (unpaired) electrons. The van der Waals surface area contributed by atoms with E-state index in [0.717, 1.165) is 24.2 Å². The molecule has 0 spiro atoms. The Hall–Kier alpha value is -0.920. The van der Waals surface area contributed by atoms with E-state index < -0.39 is 16.0 Å². The Bertz CT molecular complexity index is 601. The molecule has 1 atom stereocenters. The van der Waals surface area contributed by atoms with Crippen LogP contribution < -0.4 is 0 Å². The first kappa shape index (κ1) is 14.5. The summed E-state index contributed by atoms with van der Waals surface area (Å²) in [4.78, 5) is 11.0. The average molecular weight is 303 g/mol. The number of sulfonamides is 1. The van der Waals surface area contributed by atoms with E-state index in [2.05, 4.69) is 0 Å². The summed E-state index contributed by atoms with van der Waals surface area (Å²) in [5.74, 6) is -0.795. The molecule has 1 fully saturated rings. The summed E-state index contributed by atoms with van der Waals surface area (Å²) >= 11 is 0.959. The van der Waals surface area contributed by atoms with Crippen LogP contribution in [-0.4, -0.2) is 36.9 Å². The van der Waals surface area contributed by atoms with Crippen molar-refractivity contribution in [2.75, 3.05) is 7.05 Å². The van der Waals surface area contributed by atoms with Crippen molar-refractivity contribution in [3.63, 3.8) is 0 Å². The zero-order valence-corrected chi connectivity index (χ0v) is 12.7. The van der Waals surface area contributed by atoms with Gasteiger partial charge in [-0.1, -0.05) is 0 Å². The van der Waals surface area contributed by atoms with Crippen molar-refractivity contribution in [1.82, 2.24) is 4.31 Å². The minimum atomic E-state index is -3.74. The average Bonchev–Trinajstić information content (AvgIpc) is 3.09. The lowest BCUT2D eigenvalue weighted by Gasteiger charge is -2.24. The third kappa shape index (κ3) is 2.54. The predicted molar refractivity (Wildman–Crippen MR) is 73.2 cm³/mol. The lowest BCUT2D eigenvalue weighted by Crippen LogP contribution is -2.37. The van der Waals surface area contributed by atoms with Gasteiger partial charge in [0.25, 0.3) is 0 Å². The predicted octanol–water partition coefficient (Wildman–Crippen LogP) is 2.17. The van der Waals surface area contributed by atoms with E-state index in [1.807, 2.05) is 6.92 Å². The molecule has 1 heterocycles. The number of rotatable bonds is 5. The van der Waals surface area contributed by atoms with Gasteiger partial charge in [-0.15, -0.1) is 11.3 Å². The highest BCUT2D eigenvalue weighted by Gasteiger charge is 2.38. The Kier molecular flexibility index (Phi) is 3.72. The van der Waals surface area contributed by atoms with Crippen molar-refractivity contribution >= 4 is 27.3 Å². The molecule has 0 amide bonds. The van der Waals surface area contributed by atoms with Crippen LogP contribution in [0.5, 0.6) is 0 Å². The van der Waals surface area contributed by atoms with Crippen LogP contribution in [0.25, 0.3) is 0 Å². The molecule has 0 aromatic carbocycles. The maximum absolute atomic E-state index is 12.6. The van der Waals surface area contributed by atoms with E-state index in [0.29, 0.717) is 11.5 Å². The van der Waals surface area contributed by atoms with Gasteiger partial charge < -0.3 is 5.11 Å². The number of hydrogen-bond acceptors (Lipinski definition) is 4. The van der Waals surface area contributed by atoms with Gasteiger partial charge in [0, 0.05) is 13.1 Å². The molecule has 1 unspecified atom stereocenters. The number of hydrogen-bond donors (Lipinski definition) is 1. The van der Waals surface area contributed by atoms with Crippen molar-refractivity contribution in [3.05, 3.63) is 15.8 Å². The van der Waals surface area contributed by atoms with Crippen LogP contribution in [-0.2, 0) is 10.0 Å². The lowest BCUT2D eigenvalue weighted by atomic mass is 10.2. The molecule has 1 aromatic heterocycles. The second kappa shape index (κ2) is 4.88. The minimum absolute atomic E-state index is 0.0556. The Labute approximate surface area is 116 Å². The minimum Gasteiger partial charge on any atom is -0.477 e. The third-order valence-corrected chi connectivity index (χ3v) is 6.97. The molecule has 106 valence electrons. The van der Waals surface area contributed by atoms with E-state index in [9.17, 15) is 13.2 Å². The van der Waals surface area contributed by atoms with Crippen molar-refractivity contribution in [2.24, 2.45) is 5.92 Å². The van der Waals surface area contributed by atoms with E-state index in [1.165, 1.54) is 11.4 Å². The van der Waals surface area contributed by atoms with Crippen LogP contribution >= 0.6 is 11.3 Å². The van der Waals surface area contributed by atoms with Gasteiger partial charge in [-0.2, -0.15) is 4.31 Å². The molecule has 7 heteroatoms. The number of aryl methyl sites for hydroxylation is 1. The van der Waals surface area contributed by atoms with E-state index in [4.69, 9.17) is 5.11 Å². The number of thiophene rings is 1. The highest BCUT2D eigenvalue weighted by molar-refractivity contribution is 7.89. The van der Waals surface area contributed by atoms with Crippen molar-refractivity contribution in [1.29, 1.82) is 0 Å². The molecule has 1 aromatic rings. The molecule has 19 heavy (non-hydrogen) atoms. The van der Waals surface area contributed by atoms with Crippen LogP contribution in [0, 0.1) is 12.8 Å². The Morgan fingerprint density at radius 1 is 1.53 bits per heavy atom. The summed E-state index contributed by atoms with van der Waals surface area (Å²) in [6.45, 7) is 3.50. The summed E-state index contributed by atoms with van der Waals surface area (Å²) in [5, 5.41) is 10.7. The van der Waals surface area contributed by atoms with E-state index in [1.54, 1.807) is 12.3 Å². The van der Waals surface area contributed by atoms with E-state index in [-0.39, 0.29) is 15.8 Å². The topological polar surface area (TPSA) is 74.7 Å². The number of carboxylic acids is 1. The Balaban J connectivity index is 2.44. The number of aromatic carboxylic acids is 1. The van der Waals surface area contributed by atoms with Gasteiger partial charge in [0.15, 0.2) is 0 Å². The fourth-order valence-electron chi connectivity index (χ4n) is 2.14. The fourth-order valence-corrected chi connectivity index (χ4v) is 5.14. The fraction of sp³-hybridized carbons (Fsp3) is 0.583. The van der Waals surface area contributed by atoms with Gasteiger partial charge >= 0.3 is 5.97 Å². The maximum Gasteiger partial charge on any atom is 0.347 e. The van der Waals surface area contributed by atoms with Crippen LogP contribution in [0.1, 0.15) is 35.0 Å². The van der Waals surface area contributed by atoms with Crippen LogP contribution in [0.4, 0.5) is 0 Å². The summed E-state index contributed by atoms with van der Waals surface area (Å²) in [5.41, 5.74) is 0.497. The molecule has 1 saturated carbocycles. The Morgan fingerprint density at radius 2 is 2.11 bits per heavy atom. The van der Waals surface area contributed by atoms with Crippen molar-refractivity contribution in [3.8, 4) is 0 Å². The van der Waals surface area contributed by atoms with Gasteiger partial charge in [0.2, 0.25) is 10.0 Å². The van der Waals surface area contributed by atoms with Gasteiger partial charge in [-0.05, 0) is 43.6 Å². The van der Waals surface area contributed by atoms with E-state index >= 15 is 0 Å². The Morgan fingerprint density at radius 3 is 2.58 bits per heavy atom.